The van der Waals surface area contributed by atoms with Gasteiger partial charge in [0.05, 0.1) is 12.2 Å². The van der Waals surface area contributed by atoms with Crippen molar-refractivity contribution in [3.63, 3.8) is 0 Å². The summed E-state index contributed by atoms with van der Waals surface area (Å²) in [6.45, 7) is 7.55. The van der Waals surface area contributed by atoms with Gasteiger partial charge in [0.1, 0.15) is 4.58 Å². The number of benzene rings is 1. The number of halogens is 1. The van der Waals surface area contributed by atoms with E-state index in [1.165, 1.54) is 23.5 Å². The Balaban J connectivity index is 2.90. The fourth-order valence-corrected chi connectivity index (χ4v) is 5.14. The quantitative estimate of drug-likeness (QED) is 0.295. The summed E-state index contributed by atoms with van der Waals surface area (Å²) in [5, 5.41) is 0. The molecule has 8 heteroatoms. The molecule has 0 saturated heterocycles. The third-order valence-electron chi connectivity index (χ3n) is 2.41. The van der Waals surface area contributed by atoms with E-state index >= 15 is 0 Å². The maximum atomic E-state index is 12.8. The number of carbonyl (C=O) groups is 1. The van der Waals surface area contributed by atoms with Crippen molar-refractivity contribution in [3.05, 3.63) is 34.3 Å². The van der Waals surface area contributed by atoms with Gasteiger partial charge in [-0.3, -0.25) is 4.79 Å². The molecule has 0 N–H and O–H groups in total. The maximum Gasteiger partial charge on any atom is 0.221 e. The van der Waals surface area contributed by atoms with Crippen molar-refractivity contribution in [2.24, 2.45) is 0 Å². The molecule has 3 nitrogen and oxygen atoms in total. The zero-order valence-corrected chi connectivity index (χ0v) is 18.6. The number of Topliss-reactive ketones (excluding diaryl/α,β-unsaturated/α-hetero) is 1. The minimum absolute atomic E-state index is 0.0442. The molecule has 0 unspecified atom stereocenters. The Morgan fingerprint density at radius 1 is 0.958 bits per heavy atom. The number of carbonyl (C=O) groups excluding carboxylic acids is 1. The maximum absolute atomic E-state index is 12.8. The van der Waals surface area contributed by atoms with Crippen molar-refractivity contribution >= 4 is 78.4 Å². The van der Waals surface area contributed by atoms with Crippen molar-refractivity contribution in [2.45, 2.75) is 44.5 Å². The van der Waals surface area contributed by atoms with Gasteiger partial charge in [-0.2, -0.15) is 0 Å². The van der Waals surface area contributed by atoms with E-state index in [0.29, 0.717) is 14.3 Å². The van der Waals surface area contributed by atoms with E-state index in [-0.39, 0.29) is 18.0 Å². The van der Waals surface area contributed by atoms with Gasteiger partial charge in [0.25, 0.3) is 0 Å². The number of ether oxygens (including phenoxy) is 2. The zero-order chi connectivity index (χ0) is 18.3. The summed E-state index contributed by atoms with van der Waals surface area (Å²) in [6.07, 6.45) is -0.0883. The highest BCUT2D eigenvalue weighted by Crippen LogP contribution is 2.31. The molecular formula is C16H19BrO3S4. The van der Waals surface area contributed by atoms with Gasteiger partial charge >= 0.3 is 0 Å². The smallest absolute Gasteiger partial charge is 0.221 e. The summed E-state index contributed by atoms with van der Waals surface area (Å²) < 4.78 is 12.0. The molecule has 0 saturated carbocycles. The van der Waals surface area contributed by atoms with Crippen LogP contribution in [0.3, 0.4) is 0 Å². The van der Waals surface area contributed by atoms with Crippen LogP contribution in [0.25, 0.3) is 0 Å². The lowest BCUT2D eigenvalue weighted by Crippen LogP contribution is -2.20. The van der Waals surface area contributed by atoms with Gasteiger partial charge in [0, 0.05) is 10.0 Å². The molecule has 1 aromatic carbocycles. The SMILES string of the molecule is CC(C)OC(=S)SC(SC(=S)OC(C)C)C(=O)c1ccc(Br)cc1. The highest BCUT2D eigenvalue weighted by molar-refractivity contribution is 9.10. The number of hydrogen-bond donors (Lipinski definition) is 0. The minimum Gasteiger partial charge on any atom is -0.476 e. The van der Waals surface area contributed by atoms with Gasteiger partial charge in [-0.15, -0.1) is 0 Å². The van der Waals surface area contributed by atoms with Crippen molar-refractivity contribution in [1.82, 2.24) is 0 Å². The van der Waals surface area contributed by atoms with Crippen LogP contribution in [0, 0.1) is 0 Å². The van der Waals surface area contributed by atoms with Crippen molar-refractivity contribution in [2.75, 3.05) is 0 Å². The molecule has 1 aromatic rings. The van der Waals surface area contributed by atoms with Crippen LogP contribution in [0.5, 0.6) is 0 Å². The monoisotopic (exact) mass is 466 g/mol. The first-order valence-corrected chi connectivity index (χ1v) is 10.6. The molecule has 0 aliphatic rings. The van der Waals surface area contributed by atoms with Gasteiger partial charge in [-0.1, -0.05) is 51.6 Å². The molecule has 0 atom stereocenters. The second-order valence-corrected chi connectivity index (χ2v) is 9.90. The fourth-order valence-electron chi connectivity index (χ4n) is 1.50. The first kappa shape index (κ1) is 21.9. The Morgan fingerprint density at radius 2 is 1.38 bits per heavy atom. The minimum atomic E-state index is -0.552. The third kappa shape index (κ3) is 8.29. The average Bonchev–Trinajstić information content (AvgIpc) is 2.44. The topological polar surface area (TPSA) is 35.5 Å². The lowest BCUT2D eigenvalue weighted by Gasteiger charge is -2.18. The van der Waals surface area contributed by atoms with Crippen LogP contribution in [-0.2, 0) is 9.47 Å². The molecule has 0 amide bonds. The number of thioether (sulfide) groups is 2. The van der Waals surface area contributed by atoms with Crippen molar-refractivity contribution < 1.29 is 14.3 Å². The first-order chi connectivity index (χ1) is 11.2. The van der Waals surface area contributed by atoms with Crippen molar-refractivity contribution in [3.8, 4) is 0 Å². The Morgan fingerprint density at radius 3 is 1.75 bits per heavy atom. The lowest BCUT2D eigenvalue weighted by molar-refractivity contribution is 0.101. The molecule has 132 valence electrons. The van der Waals surface area contributed by atoms with E-state index in [0.717, 1.165) is 4.47 Å². The highest BCUT2D eigenvalue weighted by Gasteiger charge is 2.26. The molecule has 0 heterocycles. The van der Waals surface area contributed by atoms with Gasteiger partial charge in [0.15, 0.2) is 5.78 Å². The predicted octanol–water partition coefficient (Wildman–Crippen LogP) is 5.84. The summed E-state index contributed by atoms with van der Waals surface area (Å²) in [7, 11) is 0. The number of rotatable bonds is 6. The molecule has 0 bridgehead atoms. The Labute approximate surface area is 170 Å². The van der Waals surface area contributed by atoms with Crippen LogP contribution in [-0.4, -0.2) is 31.3 Å². The molecule has 0 radical (unpaired) electrons. The number of ketones is 1. The summed E-state index contributed by atoms with van der Waals surface area (Å²) in [5.41, 5.74) is 0.586. The van der Waals surface area contributed by atoms with E-state index in [1.54, 1.807) is 12.1 Å². The molecule has 0 spiro atoms. The van der Waals surface area contributed by atoms with Crippen LogP contribution in [0.4, 0.5) is 0 Å². The van der Waals surface area contributed by atoms with E-state index in [4.69, 9.17) is 33.9 Å². The number of thiocarbonyl (C=S) groups is 2. The van der Waals surface area contributed by atoms with Crippen LogP contribution in [0.1, 0.15) is 38.1 Å². The van der Waals surface area contributed by atoms with E-state index in [2.05, 4.69) is 15.9 Å². The van der Waals surface area contributed by atoms with Gasteiger partial charge in [-0.25, -0.2) is 0 Å². The fraction of sp³-hybridized carbons (Fsp3) is 0.438. The Hall–Kier alpha value is -0.150. The molecule has 0 aliphatic carbocycles. The average molecular weight is 467 g/mol. The van der Waals surface area contributed by atoms with Crippen LogP contribution >= 0.6 is 63.9 Å². The van der Waals surface area contributed by atoms with Crippen molar-refractivity contribution in [1.29, 1.82) is 0 Å². The summed E-state index contributed by atoms with van der Waals surface area (Å²) in [6, 6.07) is 7.18. The Bertz CT molecular complexity index is 563. The molecule has 24 heavy (non-hydrogen) atoms. The molecule has 0 aromatic heterocycles. The summed E-state index contributed by atoms with van der Waals surface area (Å²) in [5.74, 6) is -0.0816. The zero-order valence-electron chi connectivity index (χ0n) is 13.8. The Kier molecular flexibility index (Phi) is 9.81. The van der Waals surface area contributed by atoms with E-state index < -0.39 is 4.58 Å². The first-order valence-electron chi connectivity index (χ1n) is 7.23. The lowest BCUT2D eigenvalue weighted by atomic mass is 10.1. The molecule has 1 rings (SSSR count). The summed E-state index contributed by atoms with van der Waals surface area (Å²) in [4.78, 5) is 12.8. The second-order valence-electron chi connectivity index (χ2n) is 5.27. The number of hydrogen-bond acceptors (Lipinski definition) is 7. The highest BCUT2D eigenvalue weighted by atomic mass is 79.9. The van der Waals surface area contributed by atoms with Crippen LogP contribution in [0.2, 0.25) is 0 Å². The molecule has 0 aliphatic heterocycles. The van der Waals surface area contributed by atoms with Gasteiger partial charge in [-0.05, 0) is 64.3 Å². The molecule has 0 fully saturated rings. The normalized spacial score (nSPS) is 11.0. The van der Waals surface area contributed by atoms with Crippen LogP contribution in [0.15, 0.2) is 28.7 Å². The summed E-state index contributed by atoms with van der Waals surface area (Å²) >= 11 is 16.2. The van der Waals surface area contributed by atoms with E-state index in [1.807, 2.05) is 39.8 Å². The third-order valence-corrected chi connectivity index (χ3v) is 5.72. The van der Waals surface area contributed by atoms with Gasteiger partial charge in [0.2, 0.25) is 8.77 Å². The molecular weight excluding hydrogens is 448 g/mol. The van der Waals surface area contributed by atoms with E-state index in [9.17, 15) is 4.79 Å². The van der Waals surface area contributed by atoms with Crippen LogP contribution < -0.4 is 0 Å². The van der Waals surface area contributed by atoms with Gasteiger partial charge < -0.3 is 9.47 Å². The second kappa shape index (κ2) is 10.8. The predicted molar refractivity (Wildman–Crippen MR) is 115 cm³/mol. The standard InChI is InChI=1S/C16H19BrO3S4/c1-9(2)19-15(21)23-14(24-16(22)20-10(3)4)13(18)11-5-7-12(17)8-6-11/h5-10,14H,1-4H3. The largest absolute Gasteiger partial charge is 0.476 e.